The Kier molecular flexibility index (Phi) is 13.5. The molecule has 2 aliphatic rings. The fourth-order valence-electron chi connectivity index (χ4n) is 5.94. The van der Waals surface area contributed by atoms with Crippen LogP contribution in [0.5, 0.6) is 0 Å². The molecule has 1 aliphatic heterocycles. The molecule has 4 N–H and O–H groups in total. The molecule has 4 atom stereocenters. The smallest absolute Gasteiger partial charge is 0.407 e. The van der Waals surface area contributed by atoms with Crippen molar-refractivity contribution in [2.24, 2.45) is 17.3 Å². The molecule has 0 radical (unpaired) electrons. The highest BCUT2D eigenvalue weighted by Crippen LogP contribution is 2.29. The third-order valence-electron chi connectivity index (χ3n) is 8.26. The van der Waals surface area contributed by atoms with E-state index in [2.05, 4.69) is 16.0 Å². The number of benzene rings is 1. The lowest BCUT2D eigenvalue weighted by Gasteiger charge is -2.31. The van der Waals surface area contributed by atoms with Crippen LogP contribution in [0.3, 0.4) is 0 Å². The first-order valence-corrected chi connectivity index (χ1v) is 17.5. The standard InChI is InChI=1S/C31H46ClN3O9S/c1-4-26(36)44-29(45(40,41)42)25(17-22-13-14-33-27(22)37)34-28(38)24(16-20-9-6-5-7-10-20)35-30(39)43-19-31(2,3)18-21-11-8-12-23(32)15-21/h8,11-12,15,20,22,24-25,29H,4-7,9-10,13-14,16-19H2,1-3H3,(H,33,37)(H,34,38)(H,35,39)(H,40,41,42)/t22-,24-,25-,29?/m0/s1. The van der Waals surface area contributed by atoms with Crippen molar-refractivity contribution in [2.75, 3.05) is 13.2 Å². The molecule has 45 heavy (non-hydrogen) atoms. The Balaban J connectivity index is 1.77. The predicted octanol–water partition coefficient (Wildman–Crippen LogP) is 4.15. The maximum atomic E-state index is 13.8. The van der Waals surface area contributed by atoms with Crippen LogP contribution in [0.15, 0.2) is 24.3 Å². The Morgan fingerprint density at radius 2 is 1.82 bits per heavy atom. The number of ether oxygens (including phenoxy) is 2. The third-order valence-corrected chi connectivity index (χ3v) is 9.50. The molecule has 0 bridgehead atoms. The molecule has 252 valence electrons. The summed E-state index contributed by atoms with van der Waals surface area (Å²) in [6.07, 6.45) is 4.78. The minimum Gasteiger partial charge on any atom is -0.449 e. The van der Waals surface area contributed by atoms with Crippen molar-refractivity contribution < 1.29 is 41.6 Å². The van der Waals surface area contributed by atoms with Crippen molar-refractivity contribution >= 4 is 45.6 Å². The number of carbonyl (C=O) groups excluding carboxylic acids is 4. The molecule has 1 saturated carbocycles. The van der Waals surface area contributed by atoms with Gasteiger partial charge in [0.15, 0.2) is 0 Å². The number of rotatable bonds is 15. The van der Waals surface area contributed by atoms with Crippen LogP contribution in [0.1, 0.15) is 84.1 Å². The number of esters is 1. The number of hydrogen-bond donors (Lipinski definition) is 4. The lowest BCUT2D eigenvalue weighted by atomic mass is 9.84. The van der Waals surface area contributed by atoms with E-state index in [1.165, 1.54) is 6.92 Å². The van der Waals surface area contributed by atoms with E-state index in [4.69, 9.17) is 21.1 Å². The number of hydrogen-bond acceptors (Lipinski definition) is 8. The summed E-state index contributed by atoms with van der Waals surface area (Å²) in [7, 11) is -5.01. The molecular weight excluding hydrogens is 626 g/mol. The van der Waals surface area contributed by atoms with Gasteiger partial charge >= 0.3 is 22.2 Å². The van der Waals surface area contributed by atoms with Gasteiger partial charge in [0.1, 0.15) is 6.04 Å². The molecule has 1 heterocycles. The van der Waals surface area contributed by atoms with Gasteiger partial charge in [-0.1, -0.05) is 76.6 Å². The van der Waals surface area contributed by atoms with Gasteiger partial charge in [-0.2, -0.15) is 8.42 Å². The zero-order chi connectivity index (χ0) is 33.2. The molecule has 0 spiro atoms. The predicted molar refractivity (Wildman–Crippen MR) is 168 cm³/mol. The van der Waals surface area contributed by atoms with Gasteiger partial charge < -0.3 is 25.4 Å². The summed E-state index contributed by atoms with van der Waals surface area (Å²) < 4.78 is 45.4. The minimum atomic E-state index is -5.01. The van der Waals surface area contributed by atoms with Crippen LogP contribution < -0.4 is 16.0 Å². The molecule has 12 nitrogen and oxygen atoms in total. The van der Waals surface area contributed by atoms with Gasteiger partial charge in [-0.3, -0.25) is 18.9 Å². The van der Waals surface area contributed by atoms with Crippen LogP contribution in [0.25, 0.3) is 0 Å². The normalized spacial score (nSPS) is 19.6. The average molecular weight is 672 g/mol. The number of halogens is 1. The van der Waals surface area contributed by atoms with Crippen molar-refractivity contribution in [3.8, 4) is 0 Å². The van der Waals surface area contributed by atoms with Gasteiger partial charge in [0.25, 0.3) is 0 Å². The molecule has 1 aromatic carbocycles. The summed E-state index contributed by atoms with van der Waals surface area (Å²) >= 11 is 6.11. The maximum Gasteiger partial charge on any atom is 0.407 e. The van der Waals surface area contributed by atoms with Crippen LogP contribution >= 0.6 is 11.6 Å². The van der Waals surface area contributed by atoms with E-state index in [0.29, 0.717) is 24.4 Å². The summed E-state index contributed by atoms with van der Waals surface area (Å²) in [5.74, 6) is -2.54. The van der Waals surface area contributed by atoms with Gasteiger partial charge in [-0.25, -0.2) is 4.79 Å². The van der Waals surface area contributed by atoms with Gasteiger partial charge in [-0.05, 0) is 49.3 Å². The largest absolute Gasteiger partial charge is 0.449 e. The van der Waals surface area contributed by atoms with Crippen LogP contribution in [0.2, 0.25) is 5.02 Å². The van der Waals surface area contributed by atoms with Crippen molar-refractivity contribution in [1.82, 2.24) is 16.0 Å². The number of nitrogens with one attached hydrogen (secondary N) is 3. The molecule has 1 saturated heterocycles. The summed E-state index contributed by atoms with van der Waals surface area (Å²) in [4.78, 5) is 51.3. The summed E-state index contributed by atoms with van der Waals surface area (Å²) in [5, 5.41) is 8.50. The Bertz CT molecular complexity index is 1300. The molecule has 0 aromatic heterocycles. The quantitative estimate of drug-likeness (QED) is 0.158. The first-order chi connectivity index (χ1) is 21.2. The SMILES string of the molecule is CCC(=O)OC([C@H](C[C@@H]1CCNC1=O)NC(=O)[C@H](CC1CCCCC1)NC(=O)OCC(C)(C)Cc1cccc(Cl)c1)S(=O)(=O)O. The molecule has 3 amide bonds. The van der Waals surface area contributed by atoms with E-state index in [1.807, 2.05) is 32.0 Å². The number of amides is 3. The second kappa shape index (κ2) is 16.6. The van der Waals surface area contributed by atoms with Gasteiger partial charge in [-0.15, -0.1) is 0 Å². The lowest BCUT2D eigenvalue weighted by molar-refractivity contribution is -0.147. The van der Waals surface area contributed by atoms with Crippen molar-refractivity contribution in [1.29, 1.82) is 0 Å². The van der Waals surface area contributed by atoms with Crippen molar-refractivity contribution in [3.63, 3.8) is 0 Å². The number of alkyl carbamates (subject to hydrolysis) is 1. The van der Waals surface area contributed by atoms with E-state index >= 15 is 0 Å². The Morgan fingerprint density at radius 3 is 2.42 bits per heavy atom. The molecule has 1 aromatic rings. The van der Waals surface area contributed by atoms with Crippen LogP contribution in [0, 0.1) is 17.3 Å². The Labute approximate surface area is 270 Å². The molecule has 1 aliphatic carbocycles. The highest BCUT2D eigenvalue weighted by molar-refractivity contribution is 7.86. The van der Waals surface area contributed by atoms with Crippen LogP contribution in [0.4, 0.5) is 4.79 Å². The van der Waals surface area contributed by atoms with Gasteiger partial charge in [0.05, 0.1) is 12.6 Å². The molecular formula is C31H46ClN3O9S. The Morgan fingerprint density at radius 1 is 1.11 bits per heavy atom. The lowest BCUT2D eigenvalue weighted by Crippen LogP contribution is -2.56. The maximum absolute atomic E-state index is 13.8. The van der Waals surface area contributed by atoms with Gasteiger partial charge in [0, 0.05) is 29.3 Å². The Hall–Kier alpha value is -2.90. The molecule has 1 unspecified atom stereocenters. The molecule has 3 rings (SSSR count). The first kappa shape index (κ1) is 36.6. The zero-order valence-electron chi connectivity index (χ0n) is 26.2. The van der Waals surface area contributed by atoms with E-state index in [1.54, 1.807) is 6.07 Å². The second-order valence-corrected chi connectivity index (χ2v) is 14.8. The van der Waals surface area contributed by atoms with E-state index in [-0.39, 0.29) is 37.7 Å². The monoisotopic (exact) mass is 671 g/mol. The topological polar surface area (TPSA) is 177 Å². The van der Waals surface area contributed by atoms with E-state index in [0.717, 1.165) is 37.7 Å². The highest BCUT2D eigenvalue weighted by Gasteiger charge is 2.41. The second-order valence-electron chi connectivity index (χ2n) is 12.8. The first-order valence-electron chi connectivity index (χ1n) is 15.6. The third kappa shape index (κ3) is 12.1. The fraction of sp³-hybridized carbons (Fsp3) is 0.677. The van der Waals surface area contributed by atoms with Crippen LogP contribution in [-0.4, -0.2) is 67.5 Å². The van der Waals surface area contributed by atoms with Gasteiger partial charge in [0.2, 0.25) is 17.3 Å². The highest BCUT2D eigenvalue weighted by atomic mass is 35.5. The van der Waals surface area contributed by atoms with E-state index in [9.17, 15) is 32.1 Å². The fourth-order valence-corrected chi connectivity index (χ4v) is 6.98. The van der Waals surface area contributed by atoms with Crippen LogP contribution in [-0.2, 0) is 40.4 Å². The minimum absolute atomic E-state index is 0.0420. The summed E-state index contributed by atoms with van der Waals surface area (Å²) in [5.41, 5.74) is -1.62. The van der Waals surface area contributed by atoms with Crippen molar-refractivity contribution in [3.05, 3.63) is 34.9 Å². The van der Waals surface area contributed by atoms with E-state index < -0.39 is 56.9 Å². The van der Waals surface area contributed by atoms with Crippen molar-refractivity contribution in [2.45, 2.75) is 102 Å². The number of carbonyl (C=O) groups is 4. The summed E-state index contributed by atoms with van der Waals surface area (Å²) in [6, 6.07) is 4.83. The summed E-state index contributed by atoms with van der Waals surface area (Å²) in [6.45, 7) is 5.73. The zero-order valence-corrected chi connectivity index (χ0v) is 27.8. The molecule has 2 fully saturated rings. The molecule has 14 heteroatoms. The average Bonchev–Trinajstić information content (AvgIpc) is 3.37.